The van der Waals surface area contributed by atoms with Crippen molar-refractivity contribution in [2.75, 3.05) is 5.06 Å². The van der Waals surface area contributed by atoms with Crippen molar-refractivity contribution >= 4 is 33.4 Å². The molecule has 0 saturated carbocycles. The molecule has 1 aliphatic rings. The molecule has 6 heteroatoms. The van der Waals surface area contributed by atoms with Crippen LogP contribution in [0.5, 0.6) is 0 Å². The highest BCUT2D eigenvalue weighted by Gasteiger charge is 2.23. The molecule has 0 amide bonds. The SMILES string of the molecule is [O-]N1C=C(c2cccs2)N(c2cccs2)O1. The number of hydrogen-bond acceptors (Lipinski definition) is 6. The van der Waals surface area contributed by atoms with Crippen molar-refractivity contribution in [2.45, 2.75) is 0 Å². The fourth-order valence-corrected chi connectivity index (χ4v) is 2.83. The number of nitrogens with zero attached hydrogens (tertiary/aromatic N) is 2. The average molecular weight is 251 g/mol. The third-order valence-electron chi connectivity index (χ3n) is 2.09. The second kappa shape index (κ2) is 3.91. The van der Waals surface area contributed by atoms with Gasteiger partial charge in [0, 0.05) is 6.20 Å². The van der Waals surface area contributed by atoms with Gasteiger partial charge >= 0.3 is 0 Å². The summed E-state index contributed by atoms with van der Waals surface area (Å²) in [7, 11) is 0. The van der Waals surface area contributed by atoms with Crippen LogP contribution in [0.15, 0.2) is 41.2 Å². The normalized spacial score (nSPS) is 15.7. The van der Waals surface area contributed by atoms with Crippen molar-refractivity contribution in [3.8, 4) is 0 Å². The lowest BCUT2D eigenvalue weighted by Crippen LogP contribution is -2.18. The molecular weight excluding hydrogens is 244 g/mol. The highest BCUT2D eigenvalue weighted by molar-refractivity contribution is 7.14. The Kier molecular flexibility index (Phi) is 2.41. The lowest BCUT2D eigenvalue weighted by Gasteiger charge is -2.22. The van der Waals surface area contributed by atoms with Crippen molar-refractivity contribution in [3.05, 3.63) is 51.3 Å². The molecule has 2 aromatic rings. The van der Waals surface area contributed by atoms with E-state index in [1.165, 1.54) is 17.5 Å². The van der Waals surface area contributed by atoms with Gasteiger partial charge in [0.05, 0.1) is 4.88 Å². The zero-order valence-corrected chi connectivity index (χ0v) is 9.70. The van der Waals surface area contributed by atoms with E-state index in [1.54, 1.807) is 16.4 Å². The fraction of sp³-hybridized carbons (Fsp3) is 0. The number of hydrogen-bond donors (Lipinski definition) is 0. The summed E-state index contributed by atoms with van der Waals surface area (Å²) in [6.45, 7) is 0. The van der Waals surface area contributed by atoms with E-state index in [4.69, 9.17) is 4.94 Å². The van der Waals surface area contributed by atoms with Crippen LogP contribution >= 0.6 is 22.7 Å². The van der Waals surface area contributed by atoms with Crippen LogP contribution in [0.25, 0.3) is 5.70 Å². The molecule has 0 aromatic carbocycles. The van der Waals surface area contributed by atoms with Crippen LogP contribution in [0.4, 0.5) is 5.00 Å². The van der Waals surface area contributed by atoms with Crippen LogP contribution in [-0.2, 0) is 4.94 Å². The maximum Gasteiger partial charge on any atom is 0.125 e. The van der Waals surface area contributed by atoms with E-state index in [-0.39, 0.29) is 0 Å². The van der Waals surface area contributed by atoms with Crippen molar-refractivity contribution in [2.24, 2.45) is 0 Å². The molecule has 2 aromatic heterocycles. The maximum absolute atomic E-state index is 11.2. The summed E-state index contributed by atoms with van der Waals surface area (Å²) in [6.07, 6.45) is 1.44. The van der Waals surface area contributed by atoms with Crippen LogP contribution in [0.1, 0.15) is 4.88 Å². The molecule has 16 heavy (non-hydrogen) atoms. The molecular formula is C10H7N2O2S2-. The van der Waals surface area contributed by atoms with Gasteiger partial charge in [-0.3, -0.25) is 5.23 Å². The van der Waals surface area contributed by atoms with Crippen molar-refractivity contribution in [1.29, 1.82) is 0 Å². The van der Waals surface area contributed by atoms with Crippen molar-refractivity contribution in [1.82, 2.24) is 5.23 Å². The van der Waals surface area contributed by atoms with Gasteiger partial charge in [0.1, 0.15) is 10.7 Å². The van der Waals surface area contributed by atoms with E-state index in [0.717, 1.165) is 15.6 Å². The zero-order valence-electron chi connectivity index (χ0n) is 8.07. The van der Waals surface area contributed by atoms with E-state index in [0.29, 0.717) is 5.23 Å². The predicted octanol–water partition coefficient (Wildman–Crippen LogP) is 3.27. The van der Waals surface area contributed by atoms with Gasteiger partial charge < -0.3 is 5.21 Å². The molecule has 0 N–H and O–H groups in total. The van der Waals surface area contributed by atoms with E-state index < -0.39 is 0 Å². The summed E-state index contributed by atoms with van der Waals surface area (Å²) in [6, 6.07) is 7.73. The largest absolute Gasteiger partial charge is 0.732 e. The molecule has 0 atom stereocenters. The quantitative estimate of drug-likeness (QED) is 0.821. The molecule has 0 aliphatic carbocycles. The van der Waals surface area contributed by atoms with Gasteiger partial charge in [0.25, 0.3) is 0 Å². The number of hydroxylamine groups is 3. The van der Waals surface area contributed by atoms with Crippen molar-refractivity contribution in [3.63, 3.8) is 0 Å². The smallest absolute Gasteiger partial charge is 0.125 e. The van der Waals surface area contributed by atoms with Gasteiger partial charge in [-0.2, -0.15) is 10.0 Å². The Balaban J connectivity index is 1.99. The van der Waals surface area contributed by atoms with E-state index in [2.05, 4.69) is 0 Å². The highest BCUT2D eigenvalue weighted by atomic mass is 32.1. The van der Waals surface area contributed by atoms with Gasteiger partial charge in [-0.1, -0.05) is 6.07 Å². The van der Waals surface area contributed by atoms with E-state index >= 15 is 0 Å². The van der Waals surface area contributed by atoms with Gasteiger partial charge in [-0.25, -0.2) is 0 Å². The second-order valence-electron chi connectivity index (χ2n) is 3.10. The Labute approximate surface area is 100 Å². The number of rotatable bonds is 2. The molecule has 1 aliphatic heterocycles. The van der Waals surface area contributed by atoms with Gasteiger partial charge in [0.2, 0.25) is 0 Å². The van der Waals surface area contributed by atoms with Crippen LogP contribution in [0.2, 0.25) is 0 Å². The standard InChI is InChI=1S/C10H7N2O2S2/c13-11-7-8(9-3-1-5-15-9)12(14-11)10-4-2-6-16-10/h1-7H/q-1. The Hall–Kier alpha value is -1.34. The summed E-state index contributed by atoms with van der Waals surface area (Å²) in [5, 5.41) is 18.1. The summed E-state index contributed by atoms with van der Waals surface area (Å²) in [4.78, 5) is 6.08. The van der Waals surface area contributed by atoms with Crippen LogP contribution < -0.4 is 5.06 Å². The lowest BCUT2D eigenvalue weighted by atomic mass is 10.3. The molecule has 0 unspecified atom stereocenters. The third-order valence-corrected chi connectivity index (χ3v) is 3.82. The Morgan fingerprint density at radius 1 is 1.12 bits per heavy atom. The second-order valence-corrected chi connectivity index (χ2v) is 4.98. The summed E-state index contributed by atoms with van der Waals surface area (Å²) in [5.41, 5.74) is 0.771. The maximum atomic E-state index is 11.2. The van der Waals surface area contributed by atoms with Crippen LogP contribution in [-0.4, -0.2) is 5.23 Å². The highest BCUT2D eigenvalue weighted by Crippen LogP contribution is 2.36. The first-order valence-corrected chi connectivity index (χ1v) is 6.34. The molecule has 0 saturated heterocycles. The molecule has 82 valence electrons. The van der Waals surface area contributed by atoms with E-state index in [9.17, 15) is 5.21 Å². The molecule has 4 nitrogen and oxygen atoms in total. The minimum atomic E-state index is 0.467. The Bertz CT molecular complexity index is 493. The first-order valence-electron chi connectivity index (χ1n) is 4.58. The van der Waals surface area contributed by atoms with Crippen LogP contribution in [0.3, 0.4) is 0 Å². The van der Waals surface area contributed by atoms with E-state index in [1.807, 2.05) is 35.0 Å². The summed E-state index contributed by atoms with van der Waals surface area (Å²) >= 11 is 3.09. The Morgan fingerprint density at radius 2 is 1.94 bits per heavy atom. The van der Waals surface area contributed by atoms with Gasteiger partial charge in [-0.15, -0.1) is 22.7 Å². The van der Waals surface area contributed by atoms with Crippen molar-refractivity contribution < 1.29 is 4.94 Å². The monoisotopic (exact) mass is 251 g/mol. The van der Waals surface area contributed by atoms with Gasteiger partial charge in [-0.05, 0) is 29.0 Å². The molecule has 3 rings (SSSR count). The topological polar surface area (TPSA) is 38.8 Å². The Morgan fingerprint density at radius 3 is 2.62 bits per heavy atom. The molecule has 3 heterocycles. The molecule has 0 fully saturated rings. The number of thiophene rings is 2. The summed E-state index contributed by atoms with van der Waals surface area (Å²) < 4.78 is 0. The minimum absolute atomic E-state index is 0.467. The average Bonchev–Trinajstić information content (AvgIpc) is 2.98. The first-order chi connectivity index (χ1) is 7.84. The van der Waals surface area contributed by atoms with Gasteiger partial charge in [0.15, 0.2) is 0 Å². The molecule has 0 spiro atoms. The fourth-order valence-electron chi connectivity index (χ4n) is 1.43. The first kappa shape index (κ1) is 9.86. The van der Waals surface area contributed by atoms with Crippen LogP contribution in [0, 0.1) is 5.21 Å². The number of anilines is 1. The molecule has 0 bridgehead atoms. The summed E-state index contributed by atoms with van der Waals surface area (Å²) in [5.74, 6) is 0. The minimum Gasteiger partial charge on any atom is -0.732 e. The zero-order chi connectivity index (χ0) is 11.0. The lowest BCUT2D eigenvalue weighted by molar-refractivity contribution is -0.0625. The third kappa shape index (κ3) is 1.61. The molecule has 0 radical (unpaired) electrons. The predicted molar refractivity (Wildman–Crippen MR) is 65.4 cm³/mol.